The smallest absolute Gasteiger partial charge is 0.339 e. The Labute approximate surface area is 195 Å². The van der Waals surface area contributed by atoms with Gasteiger partial charge in [-0.1, -0.05) is 97.1 Å². The predicted molar refractivity (Wildman–Crippen MR) is 125 cm³/mol. The second-order valence-corrected chi connectivity index (χ2v) is 7.86. The number of ether oxygens (including phenoxy) is 1. The summed E-state index contributed by atoms with van der Waals surface area (Å²) in [6, 6.07) is 28.2. The zero-order valence-electron chi connectivity index (χ0n) is 17.9. The maximum Gasteiger partial charge on any atom is 0.339 e. The molecule has 0 N–H and O–H groups in total. The van der Waals surface area contributed by atoms with E-state index in [1.807, 2.05) is 0 Å². The summed E-state index contributed by atoms with van der Waals surface area (Å²) in [5, 5.41) is 0. The fourth-order valence-corrected chi connectivity index (χ4v) is 4.14. The lowest BCUT2D eigenvalue weighted by atomic mass is 9.82. The van der Waals surface area contributed by atoms with Crippen molar-refractivity contribution in [3.63, 3.8) is 0 Å². The molecular formula is C29H18O5. The second-order valence-electron chi connectivity index (χ2n) is 7.86. The minimum atomic E-state index is -1.21. The van der Waals surface area contributed by atoms with E-state index in [1.165, 1.54) is 18.2 Å². The number of Topliss-reactive ketones (excluding diaryl/α,β-unsaturated/α-hetero) is 1. The average molecular weight is 446 g/mol. The molecule has 5 rings (SSSR count). The minimum Gasteiger partial charge on any atom is -0.445 e. The molecule has 4 aromatic rings. The lowest BCUT2D eigenvalue weighted by Crippen LogP contribution is -2.26. The lowest BCUT2D eigenvalue weighted by Gasteiger charge is -2.21. The van der Waals surface area contributed by atoms with E-state index in [0.717, 1.165) is 0 Å². The average Bonchev–Trinajstić information content (AvgIpc) is 2.90. The van der Waals surface area contributed by atoms with Gasteiger partial charge in [0.05, 0.1) is 5.56 Å². The first-order valence-electron chi connectivity index (χ1n) is 10.7. The number of benzene rings is 4. The van der Waals surface area contributed by atoms with Crippen LogP contribution in [-0.4, -0.2) is 23.3 Å². The van der Waals surface area contributed by atoms with Crippen molar-refractivity contribution in [2.24, 2.45) is 0 Å². The van der Waals surface area contributed by atoms with E-state index in [1.54, 1.807) is 84.9 Å². The van der Waals surface area contributed by atoms with Crippen LogP contribution in [0.4, 0.5) is 0 Å². The van der Waals surface area contributed by atoms with Crippen LogP contribution in [0.5, 0.6) is 0 Å². The fourth-order valence-electron chi connectivity index (χ4n) is 4.14. The van der Waals surface area contributed by atoms with Crippen LogP contribution in [0.1, 0.15) is 64.2 Å². The van der Waals surface area contributed by atoms with Crippen molar-refractivity contribution in [3.8, 4) is 0 Å². The Kier molecular flexibility index (Phi) is 5.44. The molecular weight excluding hydrogens is 428 g/mol. The van der Waals surface area contributed by atoms with E-state index in [-0.39, 0.29) is 28.0 Å². The molecule has 0 spiro atoms. The molecule has 0 heterocycles. The van der Waals surface area contributed by atoms with E-state index in [2.05, 4.69) is 0 Å². The number of fused-ring (bicyclic) bond motifs is 2. The normalized spacial score (nSPS) is 12.9. The summed E-state index contributed by atoms with van der Waals surface area (Å²) >= 11 is 0. The van der Waals surface area contributed by atoms with Crippen molar-refractivity contribution in [1.82, 2.24) is 0 Å². The zero-order valence-corrected chi connectivity index (χ0v) is 17.9. The van der Waals surface area contributed by atoms with Gasteiger partial charge < -0.3 is 4.74 Å². The second kappa shape index (κ2) is 8.71. The van der Waals surface area contributed by atoms with Gasteiger partial charge in [-0.25, -0.2) is 4.79 Å². The Morgan fingerprint density at radius 3 is 1.82 bits per heavy atom. The van der Waals surface area contributed by atoms with Gasteiger partial charge in [-0.15, -0.1) is 0 Å². The number of carbonyl (C=O) groups excluding carboxylic acids is 4. The quantitative estimate of drug-likeness (QED) is 0.272. The molecule has 164 valence electrons. The SMILES string of the molecule is O=C(O[C@H](C(=O)c1ccccc1)c1ccccc1)c1cccc2c1C(=O)c1ccccc1C2=O. The topological polar surface area (TPSA) is 77.5 Å². The monoisotopic (exact) mass is 446 g/mol. The number of hydrogen-bond donors (Lipinski definition) is 0. The number of hydrogen-bond acceptors (Lipinski definition) is 5. The van der Waals surface area contributed by atoms with Crippen LogP contribution in [0.25, 0.3) is 0 Å². The van der Waals surface area contributed by atoms with E-state index >= 15 is 0 Å². The molecule has 0 unspecified atom stereocenters. The molecule has 0 amide bonds. The summed E-state index contributed by atoms with van der Waals surface area (Å²) in [7, 11) is 0. The summed E-state index contributed by atoms with van der Waals surface area (Å²) < 4.78 is 5.72. The molecule has 4 aromatic carbocycles. The van der Waals surface area contributed by atoms with Gasteiger partial charge in [0.15, 0.2) is 17.7 Å². The van der Waals surface area contributed by atoms with Crippen molar-refractivity contribution in [1.29, 1.82) is 0 Å². The fraction of sp³-hybridized carbons (Fsp3) is 0.0345. The third-order valence-electron chi connectivity index (χ3n) is 5.80. The first-order chi connectivity index (χ1) is 16.6. The van der Waals surface area contributed by atoms with Gasteiger partial charge >= 0.3 is 5.97 Å². The standard InChI is InChI=1S/C29H18O5/c30-25(18-10-3-1-4-11-18)28(19-12-5-2-6-13-19)34-29(33)23-17-9-16-22-24(23)27(32)21-15-8-7-14-20(21)26(22)31/h1-17,28H/t28-/m0/s1. The van der Waals surface area contributed by atoms with E-state index in [9.17, 15) is 19.2 Å². The van der Waals surface area contributed by atoms with E-state index in [4.69, 9.17) is 4.74 Å². The number of esters is 1. The van der Waals surface area contributed by atoms with Crippen molar-refractivity contribution < 1.29 is 23.9 Å². The number of rotatable bonds is 5. The largest absolute Gasteiger partial charge is 0.445 e. The molecule has 0 fully saturated rings. The Morgan fingerprint density at radius 1 is 0.588 bits per heavy atom. The summed E-state index contributed by atoms with van der Waals surface area (Å²) in [5.41, 5.74) is 1.51. The van der Waals surface area contributed by atoms with Gasteiger partial charge in [0, 0.05) is 33.4 Å². The van der Waals surface area contributed by atoms with Crippen molar-refractivity contribution >= 4 is 23.3 Å². The van der Waals surface area contributed by atoms with Crippen LogP contribution in [-0.2, 0) is 4.74 Å². The zero-order chi connectivity index (χ0) is 23.7. The molecule has 34 heavy (non-hydrogen) atoms. The highest BCUT2D eigenvalue weighted by Gasteiger charge is 2.35. The molecule has 0 aromatic heterocycles. The summed E-state index contributed by atoms with van der Waals surface area (Å²) in [6.45, 7) is 0. The molecule has 0 saturated heterocycles. The third-order valence-corrected chi connectivity index (χ3v) is 5.80. The van der Waals surface area contributed by atoms with E-state index < -0.39 is 23.6 Å². The van der Waals surface area contributed by atoms with Gasteiger partial charge in [0.2, 0.25) is 5.78 Å². The molecule has 1 aliphatic carbocycles. The van der Waals surface area contributed by atoms with Gasteiger partial charge in [0.25, 0.3) is 0 Å². The maximum atomic E-state index is 13.4. The van der Waals surface area contributed by atoms with Crippen LogP contribution in [0.15, 0.2) is 103 Å². The summed E-state index contributed by atoms with van der Waals surface area (Å²) in [6.07, 6.45) is -1.21. The van der Waals surface area contributed by atoms with Crippen LogP contribution < -0.4 is 0 Å². The third kappa shape index (κ3) is 3.63. The van der Waals surface area contributed by atoms with Gasteiger partial charge in [0.1, 0.15) is 0 Å². The van der Waals surface area contributed by atoms with E-state index in [0.29, 0.717) is 16.7 Å². The Bertz CT molecular complexity index is 1440. The highest BCUT2D eigenvalue weighted by atomic mass is 16.5. The highest BCUT2D eigenvalue weighted by Crippen LogP contribution is 2.31. The molecule has 1 atom stereocenters. The van der Waals surface area contributed by atoms with Crippen molar-refractivity contribution in [3.05, 3.63) is 142 Å². The Morgan fingerprint density at radius 2 is 1.15 bits per heavy atom. The molecule has 0 aliphatic heterocycles. The lowest BCUT2D eigenvalue weighted by molar-refractivity contribution is 0.0278. The molecule has 5 nitrogen and oxygen atoms in total. The maximum absolute atomic E-state index is 13.4. The van der Waals surface area contributed by atoms with Crippen molar-refractivity contribution in [2.45, 2.75) is 6.10 Å². The highest BCUT2D eigenvalue weighted by molar-refractivity contribution is 6.30. The molecule has 0 saturated carbocycles. The number of carbonyl (C=O) groups is 4. The molecule has 5 heteroatoms. The number of ketones is 3. The first kappa shape index (κ1) is 21.2. The van der Waals surface area contributed by atoms with Gasteiger partial charge in [-0.05, 0) is 6.07 Å². The van der Waals surface area contributed by atoms with Gasteiger partial charge in [-0.2, -0.15) is 0 Å². The molecule has 0 radical (unpaired) electrons. The summed E-state index contributed by atoms with van der Waals surface area (Å²) in [5.74, 6) is -2.00. The van der Waals surface area contributed by atoms with Crippen LogP contribution in [0, 0.1) is 0 Å². The van der Waals surface area contributed by atoms with Gasteiger partial charge in [-0.3, -0.25) is 14.4 Å². The van der Waals surface area contributed by atoms with Crippen molar-refractivity contribution in [2.75, 3.05) is 0 Å². The first-order valence-corrected chi connectivity index (χ1v) is 10.7. The Hall–Kier alpha value is -4.64. The van der Waals surface area contributed by atoms with Crippen LogP contribution >= 0.6 is 0 Å². The minimum absolute atomic E-state index is 0.00447. The Balaban J connectivity index is 1.55. The molecule has 1 aliphatic rings. The van der Waals surface area contributed by atoms with Crippen LogP contribution in [0.2, 0.25) is 0 Å². The molecule has 0 bridgehead atoms. The van der Waals surface area contributed by atoms with Crippen LogP contribution in [0.3, 0.4) is 0 Å². The predicted octanol–water partition coefficient (Wildman–Crippen LogP) is 5.24. The summed E-state index contributed by atoms with van der Waals surface area (Å²) in [4.78, 5) is 52.9.